The van der Waals surface area contributed by atoms with E-state index in [9.17, 15) is 4.79 Å². The summed E-state index contributed by atoms with van der Waals surface area (Å²) in [5, 5.41) is 0. The number of piperidine rings is 1. The van der Waals surface area contributed by atoms with E-state index in [0.717, 1.165) is 12.5 Å². The highest BCUT2D eigenvalue weighted by molar-refractivity contribution is 5.87. The fourth-order valence-electron chi connectivity index (χ4n) is 3.14. The first kappa shape index (κ1) is 10.7. The maximum absolute atomic E-state index is 11.9. The van der Waals surface area contributed by atoms with Crippen LogP contribution in [0, 0.1) is 5.92 Å². The molecule has 1 saturated heterocycles. The summed E-state index contributed by atoms with van der Waals surface area (Å²) in [6, 6.07) is 0.552. The van der Waals surface area contributed by atoms with Gasteiger partial charge < -0.3 is 4.90 Å². The minimum Gasteiger partial charge on any atom is -0.336 e. The zero-order chi connectivity index (χ0) is 10.7. The number of likely N-dealkylation sites (tertiary alicyclic amines) is 1. The molecule has 0 radical (unpaired) electrons. The summed E-state index contributed by atoms with van der Waals surface area (Å²) in [6.45, 7) is 2.89. The van der Waals surface area contributed by atoms with Gasteiger partial charge in [0.25, 0.3) is 0 Å². The summed E-state index contributed by atoms with van der Waals surface area (Å²) in [6.07, 6.45) is 11.4. The normalized spacial score (nSPS) is 31.7. The van der Waals surface area contributed by atoms with Crippen molar-refractivity contribution in [3.63, 3.8) is 0 Å². The second kappa shape index (κ2) is 4.82. The molecule has 0 spiro atoms. The van der Waals surface area contributed by atoms with E-state index in [2.05, 4.69) is 4.90 Å². The summed E-state index contributed by atoms with van der Waals surface area (Å²) < 4.78 is 0. The molecule has 1 amide bonds. The van der Waals surface area contributed by atoms with Gasteiger partial charge in [0.15, 0.2) is 0 Å². The zero-order valence-corrected chi connectivity index (χ0v) is 9.61. The maximum atomic E-state index is 11.9. The van der Waals surface area contributed by atoms with Gasteiger partial charge in [-0.05, 0) is 44.6 Å². The topological polar surface area (TPSA) is 20.3 Å². The summed E-state index contributed by atoms with van der Waals surface area (Å²) in [5.41, 5.74) is 0. The summed E-state index contributed by atoms with van der Waals surface area (Å²) in [7, 11) is 0. The number of nitrogens with zero attached hydrogens (tertiary/aromatic N) is 1. The van der Waals surface area contributed by atoms with Crippen molar-refractivity contribution >= 4 is 5.91 Å². The van der Waals surface area contributed by atoms with Crippen molar-refractivity contribution in [3.05, 3.63) is 12.2 Å². The molecule has 1 saturated carbocycles. The number of allylic oxidation sites excluding steroid dienone is 1. The Morgan fingerprint density at radius 2 is 1.93 bits per heavy atom. The van der Waals surface area contributed by atoms with E-state index in [4.69, 9.17) is 0 Å². The number of carbonyl (C=O) groups excluding carboxylic acids is 1. The van der Waals surface area contributed by atoms with Crippen LogP contribution in [0.1, 0.15) is 45.4 Å². The van der Waals surface area contributed by atoms with Gasteiger partial charge in [-0.2, -0.15) is 0 Å². The van der Waals surface area contributed by atoms with Gasteiger partial charge in [0.05, 0.1) is 0 Å². The van der Waals surface area contributed by atoms with Gasteiger partial charge in [0.1, 0.15) is 0 Å². The molecule has 2 atom stereocenters. The SMILES string of the molecule is C/C=C/C(=O)N1CCC[C@H]2CCCC[C@H]21. The van der Waals surface area contributed by atoms with E-state index >= 15 is 0 Å². The van der Waals surface area contributed by atoms with Gasteiger partial charge in [-0.1, -0.05) is 18.9 Å². The van der Waals surface area contributed by atoms with Gasteiger partial charge in [-0.15, -0.1) is 0 Å². The van der Waals surface area contributed by atoms with Crippen molar-refractivity contribution in [3.8, 4) is 0 Å². The van der Waals surface area contributed by atoms with Crippen LogP contribution < -0.4 is 0 Å². The van der Waals surface area contributed by atoms with Gasteiger partial charge >= 0.3 is 0 Å². The van der Waals surface area contributed by atoms with E-state index in [1.165, 1.54) is 38.5 Å². The minimum absolute atomic E-state index is 0.231. The lowest BCUT2D eigenvalue weighted by molar-refractivity contribution is -0.132. The number of fused-ring (bicyclic) bond motifs is 1. The predicted octanol–water partition coefficient (Wildman–Crippen LogP) is 2.74. The van der Waals surface area contributed by atoms with Crippen LogP contribution in [0.3, 0.4) is 0 Å². The molecular formula is C13H21NO. The third kappa shape index (κ3) is 2.24. The van der Waals surface area contributed by atoms with E-state index in [-0.39, 0.29) is 5.91 Å². The first-order chi connectivity index (χ1) is 7.33. The number of amides is 1. The molecule has 0 aromatic heterocycles. The molecule has 15 heavy (non-hydrogen) atoms. The molecule has 0 N–H and O–H groups in total. The predicted molar refractivity (Wildman–Crippen MR) is 61.5 cm³/mol. The average molecular weight is 207 g/mol. The van der Waals surface area contributed by atoms with Crippen LogP contribution in [-0.2, 0) is 4.79 Å². The molecule has 84 valence electrons. The summed E-state index contributed by atoms with van der Waals surface area (Å²) in [5.74, 6) is 1.02. The van der Waals surface area contributed by atoms with Crippen LogP contribution in [0.2, 0.25) is 0 Å². The summed E-state index contributed by atoms with van der Waals surface area (Å²) >= 11 is 0. The molecule has 1 aliphatic heterocycles. The minimum atomic E-state index is 0.231. The standard InChI is InChI=1S/C13H21NO/c1-2-6-13(15)14-10-5-8-11-7-3-4-9-12(11)14/h2,6,11-12H,3-5,7-10H2,1H3/b6-2+/t11-,12-/m1/s1. The van der Waals surface area contributed by atoms with Gasteiger partial charge in [-0.3, -0.25) is 4.79 Å². The lowest BCUT2D eigenvalue weighted by Gasteiger charge is -2.43. The summed E-state index contributed by atoms with van der Waals surface area (Å²) in [4.78, 5) is 14.0. The number of carbonyl (C=O) groups is 1. The van der Waals surface area contributed by atoms with Gasteiger partial charge in [0, 0.05) is 12.6 Å². The van der Waals surface area contributed by atoms with E-state index in [0.29, 0.717) is 6.04 Å². The molecule has 0 aromatic carbocycles. The number of hydrogen-bond donors (Lipinski definition) is 0. The lowest BCUT2D eigenvalue weighted by atomic mass is 9.78. The van der Waals surface area contributed by atoms with Crippen molar-refractivity contribution in [1.29, 1.82) is 0 Å². The van der Waals surface area contributed by atoms with Crippen LogP contribution in [0.5, 0.6) is 0 Å². The third-order valence-corrected chi connectivity index (χ3v) is 3.84. The van der Waals surface area contributed by atoms with Crippen LogP contribution >= 0.6 is 0 Å². The monoisotopic (exact) mass is 207 g/mol. The highest BCUT2D eigenvalue weighted by atomic mass is 16.2. The Morgan fingerprint density at radius 1 is 1.20 bits per heavy atom. The van der Waals surface area contributed by atoms with Crippen molar-refractivity contribution in [2.45, 2.75) is 51.5 Å². The smallest absolute Gasteiger partial charge is 0.246 e. The quantitative estimate of drug-likeness (QED) is 0.605. The number of rotatable bonds is 1. The fourth-order valence-corrected chi connectivity index (χ4v) is 3.14. The average Bonchev–Trinajstić information content (AvgIpc) is 2.28. The molecular weight excluding hydrogens is 186 g/mol. The Kier molecular flexibility index (Phi) is 3.45. The molecule has 0 bridgehead atoms. The largest absolute Gasteiger partial charge is 0.336 e. The van der Waals surface area contributed by atoms with Crippen LogP contribution in [0.15, 0.2) is 12.2 Å². The molecule has 2 aliphatic rings. The molecule has 2 nitrogen and oxygen atoms in total. The molecule has 2 heteroatoms. The highest BCUT2D eigenvalue weighted by Gasteiger charge is 2.34. The van der Waals surface area contributed by atoms with Gasteiger partial charge in [-0.25, -0.2) is 0 Å². The zero-order valence-electron chi connectivity index (χ0n) is 9.61. The first-order valence-corrected chi connectivity index (χ1v) is 6.26. The van der Waals surface area contributed by atoms with Crippen LogP contribution in [-0.4, -0.2) is 23.4 Å². The van der Waals surface area contributed by atoms with E-state index in [1.54, 1.807) is 6.08 Å². The van der Waals surface area contributed by atoms with Crippen molar-refractivity contribution in [2.75, 3.05) is 6.54 Å². The molecule has 0 unspecified atom stereocenters. The highest BCUT2D eigenvalue weighted by Crippen LogP contribution is 2.35. The third-order valence-electron chi connectivity index (χ3n) is 3.84. The van der Waals surface area contributed by atoms with Crippen molar-refractivity contribution < 1.29 is 4.79 Å². The molecule has 1 aliphatic carbocycles. The Balaban J connectivity index is 2.06. The molecule has 0 aromatic rings. The Morgan fingerprint density at radius 3 is 2.73 bits per heavy atom. The number of hydrogen-bond acceptors (Lipinski definition) is 1. The van der Waals surface area contributed by atoms with Gasteiger partial charge in [0.2, 0.25) is 5.91 Å². The Bertz CT molecular complexity index is 257. The molecule has 2 fully saturated rings. The first-order valence-electron chi connectivity index (χ1n) is 6.26. The Labute approximate surface area is 92.3 Å². The van der Waals surface area contributed by atoms with Crippen LogP contribution in [0.4, 0.5) is 0 Å². The van der Waals surface area contributed by atoms with Crippen LogP contribution in [0.25, 0.3) is 0 Å². The maximum Gasteiger partial charge on any atom is 0.246 e. The molecule has 1 heterocycles. The van der Waals surface area contributed by atoms with E-state index in [1.807, 2.05) is 13.0 Å². The fraction of sp³-hybridized carbons (Fsp3) is 0.769. The van der Waals surface area contributed by atoms with Crippen molar-refractivity contribution in [1.82, 2.24) is 4.90 Å². The second-order valence-corrected chi connectivity index (χ2v) is 4.79. The van der Waals surface area contributed by atoms with E-state index < -0.39 is 0 Å². The lowest BCUT2D eigenvalue weighted by Crippen LogP contribution is -2.49. The van der Waals surface area contributed by atoms with Crippen molar-refractivity contribution in [2.24, 2.45) is 5.92 Å². The second-order valence-electron chi connectivity index (χ2n) is 4.79. The molecule has 2 rings (SSSR count). The Hall–Kier alpha value is -0.790.